The molecule has 2 N–H and O–H groups in total. The lowest BCUT2D eigenvalue weighted by Gasteiger charge is -2.22. The number of aromatic nitrogens is 3. The van der Waals surface area contributed by atoms with Crippen LogP contribution in [-0.4, -0.2) is 33.4 Å². The highest BCUT2D eigenvalue weighted by Crippen LogP contribution is 2.23. The first-order chi connectivity index (χ1) is 9.16. The van der Waals surface area contributed by atoms with Crippen LogP contribution in [0.2, 0.25) is 0 Å². The summed E-state index contributed by atoms with van der Waals surface area (Å²) in [6, 6.07) is -0.00336. The molecule has 2 unspecified atom stereocenters. The topological polar surface area (TPSA) is 71.8 Å². The van der Waals surface area contributed by atoms with E-state index in [9.17, 15) is 4.79 Å². The van der Waals surface area contributed by atoms with Gasteiger partial charge in [-0.3, -0.25) is 0 Å². The maximum Gasteiger partial charge on any atom is 0.315 e. The van der Waals surface area contributed by atoms with E-state index in [0.29, 0.717) is 5.92 Å². The van der Waals surface area contributed by atoms with E-state index < -0.39 is 0 Å². The normalized spacial score (nSPS) is 19.1. The Morgan fingerprint density at radius 1 is 1.42 bits per heavy atom. The van der Waals surface area contributed by atoms with Gasteiger partial charge in [-0.25, -0.2) is 14.5 Å². The molecule has 1 fully saturated rings. The highest BCUT2D eigenvalue weighted by Gasteiger charge is 2.19. The van der Waals surface area contributed by atoms with E-state index in [-0.39, 0.29) is 18.1 Å². The van der Waals surface area contributed by atoms with Gasteiger partial charge in [0.15, 0.2) is 0 Å². The van der Waals surface area contributed by atoms with Gasteiger partial charge < -0.3 is 10.6 Å². The van der Waals surface area contributed by atoms with Gasteiger partial charge in [0, 0.05) is 12.6 Å². The molecule has 1 aliphatic rings. The molecule has 1 heterocycles. The quantitative estimate of drug-likeness (QED) is 0.851. The van der Waals surface area contributed by atoms with Crippen molar-refractivity contribution in [2.24, 2.45) is 5.92 Å². The fourth-order valence-electron chi connectivity index (χ4n) is 2.49. The average molecular weight is 265 g/mol. The van der Waals surface area contributed by atoms with Gasteiger partial charge in [0.25, 0.3) is 0 Å². The summed E-state index contributed by atoms with van der Waals surface area (Å²) in [5, 5.41) is 10.0. The molecule has 0 saturated heterocycles. The van der Waals surface area contributed by atoms with Gasteiger partial charge in [-0.1, -0.05) is 12.8 Å². The maximum atomic E-state index is 11.8. The van der Waals surface area contributed by atoms with Crippen molar-refractivity contribution >= 4 is 6.03 Å². The lowest BCUT2D eigenvalue weighted by Crippen LogP contribution is -2.45. The molecule has 0 bridgehead atoms. The Bertz CT molecular complexity index is 386. The van der Waals surface area contributed by atoms with E-state index in [0.717, 1.165) is 6.54 Å². The van der Waals surface area contributed by atoms with Gasteiger partial charge in [-0.15, -0.1) is 0 Å². The van der Waals surface area contributed by atoms with E-state index in [1.165, 1.54) is 32.0 Å². The SMILES string of the molecule is CC(NC(=O)NCC1CCCC1)C(C)n1cncn1. The zero-order valence-electron chi connectivity index (χ0n) is 11.7. The number of urea groups is 1. The van der Waals surface area contributed by atoms with Crippen molar-refractivity contribution in [2.75, 3.05) is 6.54 Å². The Kier molecular flexibility index (Phi) is 4.76. The monoisotopic (exact) mass is 265 g/mol. The molecule has 1 saturated carbocycles. The standard InChI is InChI=1S/C13H23N5O/c1-10(11(2)18-9-14-8-16-18)17-13(19)15-7-12-5-3-4-6-12/h8-12H,3-7H2,1-2H3,(H2,15,17,19). The minimum absolute atomic E-state index is 0.00489. The predicted octanol–water partition coefficient (Wildman–Crippen LogP) is 1.72. The number of rotatable bonds is 5. The third kappa shape index (κ3) is 3.94. The van der Waals surface area contributed by atoms with Gasteiger partial charge in [0.2, 0.25) is 0 Å². The maximum absolute atomic E-state index is 11.8. The van der Waals surface area contributed by atoms with Crippen LogP contribution in [0, 0.1) is 5.92 Å². The average Bonchev–Trinajstić information content (AvgIpc) is 3.08. The number of carbonyl (C=O) groups is 1. The molecule has 19 heavy (non-hydrogen) atoms. The summed E-state index contributed by atoms with van der Waals surface area (Å²) in [4.78, 5) is 15.7. The first kappa shape index (κ1) is 13.8. The van der Waals surface area contributed by atoms with Gasteiger partial charge in [-0.2, -0.15) is 5.10 Å². The summed E-state index contributed by atoms with van der Waals surface area (Å²) < 4.78 is 1.75. The minimum Gasteiger partial charge on any atom is -0.338 e. The smallest absolute Gasteiger partial charge is 0.315 e. The molecule has 0 spiro atoms. The summed E-state index contributed by atoms with van der Waals surface area (Å²) >= 11 is 0. The first-order valence-corrected chi connectivity index (χ1v) is 7.05. The molecule has 0 aromatic carbocycles. The molecule has 6 nitrogen and oxygen atoms in total. The largest absolute Gasteiger partial charge is 0.338 e. The lowest BCUT2D eigenvalue weighted by atomic mass is 10.1. The highest BCUT2D eigenvalue weighted by molar-refractivity contribution is 5.74. The van der Waals surface area contributed by atoms with Crippen molar-refractivity contribution in [3.05, 3.63) is 12.7 Å². The Morgan fingerprint density at radius 3 is 2.79 bits per heavy atom. The van der Waals surface area contributed by atoms with Crippen molar-refractivity contribution < 1.29 is 4.79 Å². The van der Waals surface area contributed by atoms with E-state index >= 15 is 0 Å². The second-order valence-corrected chi connectivity index (χ2v) is 5.41. The van der Waals surface area contributed by atoms with Crippen molar-refractivity contribution in [3.63, 3.8) is 0 Å². The van der Waals surface area contributed by atoms with Crippen LogP contribution in [0.15, 0.2) is 12.7 Å². The van der Waals surface area contributed by atoms with Crippen molar-refractivity contribution in [2.45, 2.75) is 51.6 Å². The number of hydrogen-bond acceptors (Lipinski definition) is 3. The third-order valence-electron chi connectivity index (χ3n) is 3.96. The summed E-state index contributed by atoms with van der Waals surface area (Å²) in [7, 11) is 0. The molecule has 1 aliphatic carbocycles. The Balaban J connectivity index is 1.71. The summed E-state index contributed by atoms with van der Waals surface area (Å²) in [5.74, 6) is 0.661. The Labute approximate surface area is 114 Å². The van der Waals surface area contributed by atoms with Crippen molar-refractivity contribution in [3.8, 4) is 0 Å². The molecule has 2 amide bonds. The number of nitrogens with zero attached hydrogens (tertiary/aromatic N) is 3. The fourth-order valence-corrected chi connectivity index (χ4v) is 2.49. The number of amides is 2. The second kappa shape index (κ2) is 6.54. The number of nitrogens with one attached hydrogen (secondary N) is 2. The molecule has 1 aromatic heterocycles. The molecular weight excluding hydrogens is 242 g/mol. The van der Waals surface area contributed by atoms with Gasteiger partial charge >= 0.3 is 6.03 Å². The molecule has 1 aromatic rings. The molecular formula is C13H23N5O. The minimum atomic E-state index is -0.0913. The second-order valence-electron chi connectivity index (χ2n) is 5.41. The van der Waals surface area contributed by atoms with Crippen LogP contribution >= 0.6 is 0 Å². The van der Waals surface area contributed by atoms with E-state index in [1.54, 1.807) is 11.0 Å². The van der Waals surface area contributed by atoms with Crippen LogP contribution in [0.25, 0.3) is 0 Å². The summed E-state index contributed by atoms with van der Waals surface area (Å²) in [6.07, 6.45) is 8.25. The highest BCUT2D eigenvalue weighted by atomic mass is 16.2. The van der Waals surface area contributed by atoms with Gasteiger partial charge in [0.1, 0.15) is 12.7 Å². The van der Waals surface area contributed by atoms with Crippen LogP contribution in [-0.2, 0) is 0 Å². The van der Waals surface area contributed by atoms with Crippen LogP contribution in [0.4, 0.5) is 4.79 Å². The van der Waals surface area contributed by atoms with Crippen LogP contribution in [0.5, 0.6) is 0 Å². The number of carbonyl (C=O) groups excluding carboxylic acids is 1. The van der Waals surface area contributed by atoms with Crippen LogP contribution in [0.3, 0.4) is 0 Å². The summed E-state index contributed by atoms with van der Waals surface area (Å²) in [6.45, 7) is 4.77. The van der Waals surface area contributed by atoms with E-state index in [1.807, 2.05) is 13.8 Å². The zero-order chi connectivity index (χ0) is 13.7. The third-order valence-corrected chi connectivity index (χ3v) is 3.96. The van der Waals surface area contributed by atoms with Gasteiger partial charge in [0.05, 0.1) is 6.04 Å². The zero-order valence-corrected chi connectivity index (χ0v) is 11.7. The lowest BCUT2D eigenvalue weighted by molar-refractivity contribution is 0.230. The van der Waals surface area contributed by atoms with Gasteiger partial charge in [-0.05, 0) is 32.6 Å². The number of hydrogen-bond donors (Lipinski definition) is 2. The molecule has 0 radical (unpaired) electrons. The van der Waals surface area contributed by atoms with Crippen LogP contribution in [0.1, 0.15) is 45.6 Å². The molecule has 0 aliphatic heterocycles. The van der Waals surface area contributed by atoms with Crippen molar-refractivity contribution in [1.29, 1.82) is 0 Å². The Hall–Kier alpha value is -1.59. The van der Waals surface area contributed by atoms with Crippen molar-refractivity contribution in [1.82, 2.24) is 25.4 Å². The predicted molar refractivity (Wildman–Crippen MR) is 72.7 cm³/mol. The Morgan fingerprint density at radius 2 is 2.16 bits per heavy atom. The molecule has 6 heteroatoms. The molecule has 2 rings (SSSR count). The van der Waals surface area contributed by atoms with E-state index in [2.05, 4.69) is 20.7 Å². The molecule has 2 atom stereocenters. The fraction of sp³-hybridized carbons (Fsp3) is 0.769. The van der Waals surface area contributed by atoms with E-state index in [4.69, 9.17) is 0 Å². The summed E-state index contributed by atoms with van der Waals surface area (Å²) in [5.41, 5.74) is 0. The first-order valence-electron chi connectivity index (χ1n) is 7.05. The molecule has 106 valence electrons. The van der Waals surface area contributed by atoms with Crippen LogP contribution < -0.4 is 10.6 Å².